The van der Waals surface area contributed by atoms with Gasteiger partial charge < -0.3 is 9.84 Å². The standard InChI is InChI=1S/C15H22O2S/c1-2-3-4-7-11-17-13-15-14(9-12-18-15)8-5-6-10-16/h9,12,16H,2-4,6-7,10-11,13H2,1H3. The lowest BCUT2D eigenvalue weighted by atomic mass is 10.2. The maximum absolute atomic E-state index is 8.68. The minimum absolute atomic E-state index is 0.125. The molecular formula is C15H22O2S. The second-order valence-corrected chi connectivity index (χ2v) is 5.15. The second kappa shape index (κ2) is 10.1. The minimum Gasteiger partial charge on any atom is -0.395 e. The summed E-state index contributed by atoms with van der Waals surface area (Å²) >= 11 is 1.69. The SMILES string of the molecule is CCCCCCOCc1sccc1C#CCCO. The van der Waals surface area contributed by atoms with Crippen molar-refractivity contribution in [2.45, 2.75) is 45.6 Å². The van der Waals surface area contributed by atoms with Gasteiger partial charge in [0.1, 0.15) is 0 Å². The maximum atomic E-state index is 8.68. The number of aliphatic hydroxyl groups excluding tert-OH is 1. The number of hydrogen-bond donors (Lipinski definition) is 1. The van der Waals surface area contributed by atoms with Crippen molar-refractivity contribution in [3.63, 3.8) is 0 Å². The third kappa shape index (κ3) is 6.20. The predicted octanol–water partition coefficient (Wildman–Crippen LogP) is 3.58. The van der Waals surface area contributed by atoms with Crippen LogP contribution in [0.5, 0.6) is 0 Å². The summed E-state index contributed by atoms with van der Waals surface area (Å²) in [7, 11) is 0. The van der Waals surface area contributed by atoms with Gasteiger partial charge in [0.25, 0.3) is 0 Å². The van der Waals surface area contributed by atoms with Crippen molar-refractivity contribution in [1.29, 1.82) is 0 Å². The molecule has 100 valence electrons. The summed E-state index contributed by atoms with van der Waals surface area (Å²) in [5, 5.41) is 10.7. The maximum Gasteiger partial charge on any atom is 0.0821 e. The molecule has 1 aromatic heterocycles. The molecule has 0 saturated carbocycles. The molecule has 0 aliphatic carbocycles. The Hall–Kier alpha value is -0.820. The van der Waals surface area contributed by atoms with Crippen molar-refractivity contribution in [1.82, 2.24) is 0 Å². The van der Waals surface area contributed by atoms with E-state index in [1.165, 1.54) is 24.1 Å². The molecule has 0 spiro atoms. The van der Waals surface area contributed by atoms with Crippen LogP contribution in [0.15, 0.2) is 11.4 Å². The summed E-state index contributed by atoms with van der Waals surface area (Å²) in [6.45, 7) is 3.83. The van der Waals surface area contributed by atoms with E-state index in [9.17, 15) is 0 Å². The van der Waals surface area contributed by atoms with Crippen molar-refractivity contribution in [2.75, 3.05) is 13.2 Å². The highest BCUT2D eigenvalue weighted by atomic mass is 32.1. The fourth-order valence-electron chi connectivity index (χ4n) is 1.57. The molecule has 0 bridgehead atoms. The molecule has 0 unspecified atom stereocenters. The van der Waals surface area contributed by atoms with Crippen LogP contribution in [0.1, 0.15) is 49.5 Å². The molecule has 0 fully saturated rings. The van der Waals surface area contributed by atoms with E-state index in [4.69, 9.17) is 9.84 Å². The van der Waals surface area contributed by atoms with E-state index < -0.39 is 0 Å². The van der Waals surface area contributed by atoms with Crippen molar-refractivity contribution in [3.8, 4) is 11.8 Å². The van der Waals surface area contributed by atoms with Crippen molar-refractivity contribution in [3.05, 3.63) is 21.9 Å². The molecule has 1 heterocycles. The molecule has 0 saturated heterocycles. The van der Waals surface area contributed by atoms with E-state index in [0.29, 0.717) is 13.0 Å². The molecule has 2 nitrogen and oxygen atoms in total. The molecule has 0 aliphatic rings. The minimum atomic E-state index is 0.125. The molecule has 0 aromatic carbocycles. The number of unbranched alkanes of at least 4 members (excludes halogenated alkanes) is 3. The van der Waals surface area contributed by atoms with Crippen molar-refractivity contribution < 1.29 is 9.84 Å². The molecule has 1 rings (SSSR count). The fraction of sp³-hybridized carbons (Fsp3) is 0.600. The van der Waals surface area contributed by atoms with Crippen LogP contribution in [0.25, 0.3) is 0 Å². The van der Waals surface area contributed by atoms with E-state index in [-0.39, 0.29) is 6.61 Å². The lowest BCUT2D eigenvalue weighted by Gasteiger charge is -2.02. The smallest absolute Gasteiger partial charge is 0.0821 e. The Morgan fingerprint density at radius 2 is 2.22 bits per heavy atom. The summed E-state index contributed by atoms with van der Waals surface area (Å²) in [6, 6.07) is 2.02. The molecule has 18 heavy (non-hydrogen) atoms. The zero-order valence-corrected chi connectivity index (χ0v) is 11.9. The van der Waals surface area contributed by atoms with Crippen LogP contribution in [0.4, 0.5) is 0 Å². The van der Waals surface area contributed by atoms with Gasteiger partial charge in [-0.15, -0.1) is 11.3 Å². The van der Waals surface area contributed by atoms with Crippen LogP contribution in [0.3, 0.4) is 0 Å². The number of rotatable bonds is 8. The summed E-state index contributed by atoms with van der Waals surface area (Å²) < 4.78 is 5.66. The van der Waals surface area contributed by atoms with Crippen LogP contribution in [-0.4, -0.2) is 18.3 Å². The van der Waals surface area contributed by atoms with Gasteiger partial charge in [-0.05, 0) is 17.9 Å². The predicted molar refractivity (Wildman–Crippen MR) is 76.7 cm³/mol. The Balaban J connectivity index is 2.26. The summed E-state index contributed by atoms with van der Waals surface area (Å²) in [5.41, 5.74) is 1.04. The highest BCUT2D eigenvalue weighted by molar-refractivity contribution is 7.10. The molecule has 0 radical (unpaired) electrons. The van der Waals surface area contributed by atoms with Gasteiger partial charge in [-0.2, -0.15) is 0 Å². The van der Waals surface area contributed by atoms with Gasteiger partial charge >= 0.3 is 0 Å². The number of thiophene rings is 1. The molecule has 1 N–H and O–H groups in total. The third-order valence-corrected chi connectivity index (χ3v) is 3.48. The van der Waals surface area contributed by atoms with Crippen molar-refractivity contribution >= 4 is 11.3 Å². The summed E-state index contributed by atoms with van der Waals surface area (Å²) in [6.07, 6.45) is 5.48. The number of hydrogen-bond acceptors (Lipinski definition) is 3. The highest BCUT2D eigenvalue weighted by Gasteiger charge is 2.01. The molecule has 0 atom stereocenters. The van der Waals surface area contributed by atoms with Crippen molar-refractivity contribution in [2.24, 2.45) is 0 Å². The van der Waals surface area contributed by atoms with Crippen LogP contribution < -0.4 is 0 Å². The molecular weight excluding hydrogens is 244 g/mol. The quantitative estimate of drug-likeness (QED) is 0.575. The largest absolute Gasteiger partial charge is 0.395 e. The number of aliphatic hydroxyl groups is 1. The van der Waals surface area contributed by atoms with E-state index >= 15 is 0 Å². The molecule has 0 amide bonds. The van der Waals surface area contributed by atoms with Gasteiger partial charge in [0.05, 0.1) is 13.2 Å². The topological polar surface area (TPSA) is 29.5 Å². The summed E-state index contributed by atoms with van der Waals surface area (Å²) in [5.74, 6) is 6.02. The zero-order valence-electron chi connectivity index (χ0n) is 11.1. The Labute approximate surface area is 114 Å². The lowest BCUT2D eigenvalue weighted by molar-refractivity contribution is 0.118. The third-order valence-electron chi connectivity index (χ3n) is 2.58. The normalized spacial score (nSPS) is 10.1. The monoisotopic (exact) mass is 266 g/mol. The van der Waals surface area contributed by atoms with Crippen LogP contribution >= 0.6 is 11.3 Å². The average molecular weight is 266 g/mol. The second-order valence-electron chi connectivity index (χ2n) is 4.15. The zero-order chi connectivity index (χ0) is 13.1. The Morgan fingerprint density at radius 1 is 1.33 bits per heavy atom. The van der Waals surface area contributed by atoms with Gasteiger partial charge in [0.15, 0.2) is 0 Å². The average Bonchev–Trinajstić information content (AvgIpc) is 2.82. The molecule has 0 aliphatic heterocycles. The van der Waals surface area contributed by atoms with Gasteiger partial charge in [-0.3, -0.25) is 0 Å². The lowest BCUT2D eigenvalue weighted by Crippen LogP contribution is -1.95. The van der Waals surface area contributed by atoms with E-state index in [2.05, 4.69) is 18.8 Å². The first-order valence-corrected chi connectivity index (χ1v) is 7.50. The Kier molecular flexibility index (Phi) is 8.58. The fourth-order valence-corrected chi connectivity index (χ4v) is 2.34. The first kappa shape index (κ1) is 15.2. The van der Waals surface area contributed by atoms with E-state index in [1.807, 2.05) is 11.4 Å². The molecule has 1 aromatic rings. The first-order chi connectivity index (χ1) is 8.88. The highest BCUT2D eigenvalue weighted by Crippen LogP contribution is 2.17. The number of ether oxygens (including phenoxy) is 1. The van der Waals surface area contributed by atoms with Gasteiger partial charge in [0.2, 0.25) is 0 Å². The van der Waals surface area contributed by atoms with E-state index in [1.54, 1.807) is 11.3 Å². The van der Waals surface area contributed by atoms with Gasteiger partial charge in [0, 0.05) is 23.5 Å². The van der Waals surface area contributed by atoms with Gasteiger partial charge in [-0.25, -0.2) is 0 Å². The summed E-state index contributed by atoms with van der Waals surface area (Å²) in [4.78, 5) is 1.19. The Bertz CT molecular complexity index is 373. The Morgan fingerprint density at radius 3 is 3.00 bits per heavy atom. The molecule has 3 heteroatoms. The van der Waals surface area contributed by atoms with E-state index in [0.717, 1.165) is 18.6 Å². The van der Waals surface area contributed by atoms with Crippen LogP contribution in [-0.2, 0) is 11.3 Å². The van der Waals surface area contributed by atoms with Gasteiger partial charge in [-0.1, -0.05) is 38.0 Å². The van der Waals surface area contributed by atoms with Crippen LogP contribution in [0.2, 0.25) is 0 Å². The van der Waals surface area contributed by atoms with Crippen LogP contribution in [0, 0.1) is 11.8 Å². The first-order valence-electron chi connectivity index (χ1n) is 6.62.